The SMILES string of the molecule is CC(=O)NC1CCCN(S(=O)(=O)c2cnc(C)[nH]2)C1. The monoisotopic (exact) mass is 286 g/mol. The van der Waals surface area contributed by atoms with Gasteiger partial charge in [-0.3, -0.25) is 4.79 Å². The van der Waals surface area contributed by atoms with Crippen LogP contribution in [0, 0.1) is 6.92 Å². The largest absolute Gasteiger partial charge is 0.352 e. The number of carbonyl (C=O) groups excluding carboxylic acids is 1. The highest BCUT2D eigenvalue weighted by molar-refractivity contribution is 7.89. The van der Waals surface area contributed by atoms with Crippen LogP contribution < -0.4 is 5.32 Å². The molecule has 2 N–H and O–H groups in total. The summed E-state index contributed by atoms with van der Waals surface area (Å²) >= 11 is 0. The summed E-state index contributed by atoms with van der Waals surface area (Å²) in [5, 5.41) is 2.87. The second-order valence-corrected chi connectivity index (χ2v) is 6.64. The van der Waals surface area contributed by atoms with Crippen LogP contribution in [0.15, 0.2) is 11.2 Å². The maximum atomic E-state index is 12.4. The smallest absolute Gasteiger partial charge is 0.260 e. The number of H-pyrrole nitrogens is 1. The first-order chi connectivity index (χ1) is 8.89. The van der Waals surface area contributed by atoms with Gasteiger partial charge in [0.1, 0.15) is 5.82 Å². The number of piperidine rings is 1. The minimum absolute atomic E-state index is 0.105. The number of nitrogens with one attached hydrogen (secondary N) is 2. The predicted octanol–water partition coefficient (Wildman–Crippen LogP) is 0.00732. The number of hydrogen-bond acceptors (Lipinski definition) is 4. The molecule has 1 unspecified atom stereocenters. The van der Waals surface area contributed by atoms with Crippen molar-refractivity contribution in [1.82, 2.24) is 19.6 Å². The lowest BCUT2D eigenvalue weighted by Gasteiger charge is -2.31. The van der Waals surface area contributed by atoms with Gasteiger partial charge in [0.25, 0.3) is 10.0 Å². The molecule has 1 fully saturated rings. The normalized spacial score (nSPS) is 21.3. The van der Waals surface area contributed by atoms with Gasteiger partial charge in [-0.25, -0.2) is 13.4 Å². The predicted molar refractivity (Wildman–Crippen MR) is 68.9 cm³/mol. The fraction of sp³-hybridized carbons (Fsp3) is 0.636. The number of aryl methyl sites for hydroxylation is 1. The van der Waals surface area contributed by atoms with Crippen LogP contribution >= 0.6 is 0 Å². The van der Waals surface area contributed by atoms with Crippen molar-refractivity contribution >= 4 is 15.9 Å². The Morgan fingerprint density at radius 3 is 2.89 bits per heavy atom. The topological polar surface area (TPSA) is 95.2 Å². The van der Waals surface area contributed by atoms with Crippen molar-refractivity contribution in [2.45, 2.75) is 37.8 Å². The zero-order chi connectivity index (χ0) is 14.0. The first kappa shape index (κ1) is 14.0. The lowest BCUT2D eigenvalue weighted by molar-refractivity contribution is -0.119. The third-order valence-electron chi connectivity index (χ3n) is 3.09. The molecule has 8 heteroatoms. The molecule has 0 radical (unpaired) electrons. The van der Waals surface area contributed by atoms with Crippen LogP contribution in [0.5, 0.6) is 0 Å². The van der Waals surface area contributed by atoms with Gasteiger partial charge in [0.15, 0.2) is 5.03 Å². The Balaban J connectivity index is 2.14. The van der Waals surface area contributed by atoms with Gasteiger partial charge in [-0.15, -0.1) is 0 Å². The summed E-state index contributed by atoms with van der Waals surface area (Å²) < 4.78 is 26.1. The van der Waals surface area contributed by atoms with Gasteiger partial charge in [-0.1, -0.05) is 0 Å². The highest BCUT2D eigenvalue weighted by Gasteiger charge is 2.31. The number of carbonyl (C=O) groups is 1. The summed E-state index contributed by atoms with van der Waals surface area (Å²) in [5.41, 5.74) is 0. The van der Waals surface area contributed by atoms with Crippen molar-refractivity contribution in [3.05, 3.63) is 12.0 Å². The summed E-state index contributed by atoms with van der Waals surface area (Å²) in [7, 11) is -3.55. The van der Waals surface area contributed by atoms with Gasteiger partial charge in [0.05, 0.1) is 6.20 Å². The van der Waals surface area contributed by atoms with E-state index in [-0.39, 0.29) is 17.0 Å². The number of sulfonamides is 1. The van der Waals surface area contributed by atoms with Crippen LogP contribution in [-0.2, 0) is 14.8 Å². The molecule has 0 spiro atoms. The molecule has 0 aliphatic carbocycles. The molecule has 1 aromatic heterocycles. The lowest BCUT2D eigenvalue weighted by Crippen LogP contribution is -2.49. The van der Waals surface area contributed by atoms with Gasteiger partial charge < -0.3 is 10.3 Å². The molecule has 106 valence electrons. The molecule has 0 saturated carbocycles. The zero-order valence-corrected chi connectivity index (χ0v) is 11.8. The quantitative estimate of drug-likeness (QED) is 0.818. The average molecular weight is 286 g/mol. The summed E-state index contributed by atoms with van der Waals surface area (Å²) in [6.07, 6.45) is 2.86. The first-order valence-electron chi connectivity index (χ1n) is 6.18. The molecule has 1 amide bonds. The van der Waals surface area contributed by atoms with E-state index < -0.39 is 10.0 Å². The number of aromatic amines is 1. The van der Waals surface area contributed by atoms with Gasteiger partial charge in [0, 0.05) is 26.1 Å². The van der Waals surface area contributed by atoms with E-state index in [1.807, 2.05) is 0 Å². The molecule has 1 atom stereocenters. The summed E-state index contributed by atoms with van der Waals surface area (Å²) in [6, 6.07) is -0.120. The molecular weight excluding hydrogens is 268 g/mol. The van der Waals surface area contributed by atoms with Crippen molar-refractivity contribution in [2.75, 3.05) is 13.1 Å². The van der Waals surface area contributed by atoms with Crippen LogP contribution in [0.3, 0.4) is 0 Å². The van der Waals surface area contributed by atoms with E-state index in [9.17, 15) is 13.2 Å². The van der Waals surface area contributed by atoms with E-state index in [0.717, 1.165) is 12.8 Å². The highest BCUT2D eigenvalue weighted by atomic mass is 32.2. The number of imidazole rings is 1. The highest BCUT2D eigenvalue weighted by Crippen LogP contribution is 2.19. The van der Waals surface area contributed by atoms with Crippen molar-refractivity contribution < 1.29 is 13.2 Å². The minimum Gasteiger partial charge on any atom is -0.352 e. The van der Waals surface area contributed by atoms with Crippen LogP contribution in [0.4, 0.5) is 0 Å². The molecule has 7 nitrogen and oxygen atoms in total. The number of amides is 1. The molecule has 19 heavy (non-hydrogen) atoms. The summed E-state index contributed by atoms with van der Waals surface area (Å²) in [5.74, 6) is 0.427. The lowest BCUT2D eigenvalue weighted by atomic mass is 10.1. The van der Waals surface area contributed by atoms with Crippen molar-refractivity contribution in [3.8, 4) is 0 Å². The fourth-order valence-electron chi connectivity index (χ4n) is 2.23. The van der Waals surface area contributed by atoms with Crippen LogP contribution in [0.1, 0.15) is 25.6 Å². The second kappa shape index (κ2) is 5.30. The van der Waals surface area contributed by atoms with Crippen molar-refractivity contribution in [2.24, 2.45) is 0 Å². The Bertz CT molecular complexity index is 566. The number of nitrogens with zero attached hydrogens (tertiary/aromatic N) is 2. The third kappa shape index (κ3) is 3.13. The molecule has 0 bridgehead atoms. The number of aromatic nitrogens is 2. The number of hydrogen-bond donors (Lipinski definition) is 2. The Kier molecular flexibility index (Phi) is 3.91. The average Bonchev–Trinajstić information content (AvgIpc) is 2.76. The van der Waals surface area contributed by atoms with E-state index in [4.69, 9.17) is 0 Å². The summed E-state index contributed by atoms with van der Waals surface area (Å²) in [4.78, 5) is 17.7. The summed E-state index contributed by atoms with van der Waals surface area (Å²) in [6.45, 7) is 3.91. The minimum atomic E-state index is -3.55. The van der Waals surface area contributed by atoms with E-state index in [0.29, 0.717) is 18.9 Å². The van der Waals surface area contributed by atoms with E-state index in [2.05, 4.69) is 15.3 Å². The molecule has 1 aliphatic heterocycles. The third-order valence-corrected chi connectivity index (χ3v) is 4.86. The van der Waals surface area contributed by atoms with Crippen molar-refractivity contribution in [3.63, 3.8) is 0 Å². The number of rotatable bonds is 3. The van der Waals surface area contributed by atoms with Crippen LogP contribution in [0.2, 0.25) is 0 Å². The van der Waals surface area contributed by atoms with Crippen molar-refractivity contribution in [1.29, 1.82) is 0 Å². The molecular formula is C11H18N4O3S. The van der Waals surface area contributed by atoms with E-state index in [1.54, 1.807) is 6.92 Å². The molecule has 0 aromatic carbocycles. The maximum absolute atomic E-state index is 12.4. The molecule has 1 aromatic rings. The maximum Gasteiger partial charge on any atom is 0.260 e. The molecule has 1 saturated heterocycles. The van der Waals surface area contributed by atoms with Crippen LogP contribution in [-0.4, -0.2) is 47.7 Å². The Morgan fingerprint density at radius 1 is 1.58 bits per heavy atom. The second-order valence-electron chi connectivity index (χ2n) is 4.74. The molecule has 2 heterocycles. The fourth-order valence-corrected chi connectivity index (χ4v) is 3.72. The van der Waals surface area contributed by atoms with Gasteiger partial charge in [-0.05, 0) is 19.8 Å². The Hall–Kier alpha value is -1.41. The van der Waals surface area contributed by atoms with Crippen LogP contribution in [0.25, 0.3) is 0 Å². The van der Waals surface area contributed by atoms with Gasteiger partial charge >= 0.3 is 0 Å². The molecule has 1 aliphatic rings. The Morgan fingerprint density at radius 2 is 2.32 bits per heavy atom. The van der Waals surface area contributed by atoms with Gasteiger partial charge in [0.2, 0.25) is 5.91 Å². The standard InChI is InChI=1S/C11H18N4O3S/c1-8-12-6-11(13-8)19(17,18)15-5-3-4-10(7-15)14-9(2)16/h6,10H,3-5,7H2,1-2H3,(H,12,13)(H,14,16). The van der Waals surface area contributed by atoms with E-state index >= 15 is 0 Å². The first-order valence-corrected chi connectivity index (χ1v) is 7.62. The van der Waals surface area contributed by atoms with Gasteiger partial charge in [-0.2, -0.15) is 4.31 Å². The van der Waals surface area contributed by atoms with E-state index in [1.165, 1.54) is 17.4 Å². The Labute approximate surface area is 112 Å². The zero-order valence-electron chi connectivity index (χ0n) is 11.0. The molecule has 2 rings (SSSR count).